The van der Waals surface area contributed by atoms with Crippen LogP contribution in [0.15, 0.2) is 24.3 Å². The largest absolute Gasteiger partial charge is 0.496 e. The Morgan fingerprint density at radius 1 is 1.35 bits per heavy atom. The second-order valence-corrected chi connectivity index (χ2v) is 4.85. The average molecular weight is 236 g/mol. The average Bonchev–Trinajstić information content (AvgIpc) is 2.29. The maximum absolute atomic E-state index is 11.0. The Labute approximate surface area is 102 Å². The summed E-state index contributed by atoms with van der Waals surface area (Å²) in [6.45, 7) is 3.52. The summed E-state index contributed by atoms with van der Waals surface area (Å²) < 4.78 is 5.26. The Morgan fingerprint density at radius 2 is 2.00 bits per heavy atom. The molecule has 1 aromatic carbocycles. The number of methoxy groups -OCH3 is 1. The van der Waals surface area contributed by atoms with Gasteiger partial charge in [-0.15, -0.1) is 0 Å². The minimum Gasteiger partial charge on any atom is -0.496 e. The summed E-state index contributed by atoms with van der Waals surface area (Å²) in [6, 6.07) is 7.86. The lowest BCUT2D eigenvalue weighted by Crippen LogP contribution is -2.23. The molecule has 1 rings (SSSR count). The summed E-state index contributed by atoms with van der Waals surface area (Å²) in [4.78, 5) is 11.0. The Balaban J connectivity index is 2.54. The summed E-state index contributed by atoms with van der Waals surface area (Å²) in [7, 11) is 1.65. The van der Waals surface area contributed by atoms with Crippen molar-refractivity contribution in [1.29, 1.82) is 0 Å². The zero-order valence-electron chi connectivity index (χ0n) is 10.7. The van der Waals surface area contributed by atoms with Gasteiger partial charge >= 0.3 is 5.97 Å². The van der Waals surface area contributed by atoms with Gasteiger partial charge in [0.15, 0.2) is 0 Å². The third-order valence-electron chi connectivity index (χ3n) is 3.02. The SMILES string of the molecule is COc1ccccc1CCCC(C)(C)C(=O)O. The lowest BCUT2D eigenvalue weighted by atomic mass is 9.86. The number of aryl methyl sites for hydroxylation is 1. The van der Waals surface area contributed by atoms with Crippen LogP contribution in [0.1, 0.15) is 32.3 Å². The van der Waals surface area contributed by atoms with Crippen LogP contribution in [0.2, 0.25) is 0 Å². The van der Waals surface area contributed by atoms with Crippen molar-refractivity contribution in [3.63, 3.8) is 0 Å². The number of ether oxygens (including phenoxy) is 1. The third-order valence-corrected chi connectivity index (χ3v) is 3.02. The molecule has 0 heterocycles. The molecule has 3 heteroatoms. The number of rotatable bonds is 6. The first-order valence-electron chi connectivity index (χ1n) is 5.82. The molecule has 0 aliphatic rings. The zero-order chi connectivity index (χ0) is 12.9. The number of para-hydroxylation sites is 1. The van der Waals surface area contributed by atoms with Crippen molar-refractivity contribution in [2.24, 2.45) is 5.41 Å². The second kappa shape index (κ2) is 5.71. The van der Waals surface area contributed by atoms with E-state index in [0.29, 0.717) is 6.42 Å². The van der Waals surface area contributed by atoms with Gasteiger partial charge in [0, 0.05) is 0 Å². The number of carboxylic acid groups (broad SMARTS) is 1. The van der Waals surface area contributed by atoms with Crippen molar-refractivity contribution in [1.82, 2.24) is 0 Å². The number of carbonyl (C=O) groups is 1. The molecule has 0 unspecified atom stereocenters. The van der Waals surface area contributed by atoms with Gasteiger partial charge in [0.05, 0.1) is 12.5 Å². The molecule has 0 radical (unpaired) electrons. The Morgan fingerprint density at radius 3 is 2.59 bits per heavy atom. The standard InChI is InChI=1S/C14H20O3/c1-14(2,13(15)16)10-6-8-11-7-4-5-9-12(11)17-3/h4-5,7,9H,6,8,10H2,1-3H3,(H,15,16). The zero-order valence-corrected chi connectivity index (χ0v) is 10.7. The van der Waals surface area contributed by atoms with E-state index < -0.39 is 11.4 Å². The fraction of sp³-hybridized carbons (Fsp3) is 0.500. The number of carboxylic acids is 1. The molecule has 0 saturated carbocycles. The van der Waals surface area contributed by atoms with Crippen molar-refractivity contribution in [2.75, 3.05) is 7.11 Å². The van der Waals surface area contributed by atoms with Gasteiger partial charge in [-0.05, 0) is 44.7 Å². The number of benzene rings is 1. The van der Waals surface area contributed by atoms with Crippen LogP contribution >= 0.6 is 0 Å². The van der Waals surface area contributed by atoms with Gasteiger partial charge < -0.3 is 9.84 Å². The molecule has 0 atom stereocenters. The molecule has 0 amide bonds. The minimum atomic E-state index is -0.738. The number of hydrogen-bond donors (Lipinski definition) is 1. The van der Waals surface area contributed by atoms with Crippen LogP contribution in [0.4, 0.5) is 0 Å². The van der Waals surface area contributed by atoms with Crippen LogP contribution in [0.25, 0.3) is 0 Å². The maximum Gasteiger partial charge on any atom is 0.309 e. The van der Waals surface area contributed by atoms with E-state index in [1.54, 1.807) is 21.0 Å². The van der Waals surface area contributed by atoms with Crippen LogP contribution < -0.4 is 4.74 Å². The highest BCUT2D eigenvalue weighted by molar-refractivity contribution is 5.73. The summed E-state index contributed by atoms with van der Waals surface area (Å²) in [5, 5.41) is 9.01. The first-order valence-corrected chi connectivity index (χ1v) is 5.82. The van der Waals surface area contributed by atoms with E-state index in [1.165, 1.54) is 0 Å². The Kier molecular flexibility index (Phi) is 4.55. The number of hydrogen-bond acceptors (Lipinski definition) is 2. The molecule has 0 aromatic heterocycles. The smallest absolute Gasteiger partial charge is 0.309 e. The first kappa shape index (κ1) is 13.6. The van der Waals surface area contributed by atoms with Crippen molar-refractivity contribution in [3.8, 4) is 5.75 Å². The van der Waals surface area contributed by atoms with Crippen molar-refractivity contribution in [3.05, 3.63) is 29.8 Å². The predicted molar refractivity (Wildman–Crippen MR) is 67.3 cm³/mol. The summed E-state index contributed by atoms with van der Waals surface area (Å²) in [5.74, 6) is 0.137. The fourth-order valence-corrected chi connectivity index (χ4v) is 1.74. The maximum atomic E-state index is 11.0. The topological polar surface area (TPSA) is 46.5 Å². The van der Waals surface area contributed by atoms with E-state index in [-0.39, 0.29) is 0 Å². The summed E-state index contributed by atoms with van der Waals surface area (Å²) in [5.41, 5.74) is 0.485. The van der Waals surface area contributed by atoms with E-state index in [9.17, 15) is 4.79 Å². The quantitative estimate of drug-likeness (QED) is 0.825. The van der Waals surface area contributed by atoms with E-state index >= 15 is 0 Å². The van der Waals surface area contributed by atoms with Gasteiger partial charge in [0.25, 0.3) is 0 Å². The van der Waals surface area contributed by atoms with Crippen LogP contribution in [0.3, 0.4) is 0 Å². The highest BCUT2D eigenvalue weighted by Crippen LogP contribution is 2.26. The highest BCUT2D eigenvalue weighted by atomic mass is 16.5. The van der Waals surface area contributed by atoms with Crippen LogP contribution in [0.5, 0.6) is 5.75 Å². The lowest BCUT2D eigenvalue weighted by Gasteiger charge is -2.18. The van der Waals surface area contributed by atoms with E-state index in [1.807, 2.05) is 24.3 Å². The van der Waals surface area contributed by atoms with Gasteiger partial charge in [0.2, 0.25) is 0 Å². The van der Waals surface area contributed by atoms with Crippen molar-refractivity contribution < 1.29 is 14.6 Å². The van der Waals surface area contributed by atoms with Crippen LogP contribution in [0, 0.1) is 5.41 Å². The minimum absolute atomic E-state index is 0.651. The second-order valence-electron chi connectivity index (χ2n) is 4.85. The molecule has 0 aliphatic heterocycles. The van der Waals surface area contributed by atoms with Gasteiger partial charge in [-0.25, -0.2) is 0 Å². The van der Waals surface area contributed by atoms with Crippen LogP contribution in [-0.2, 0) is 11.2 Å². The monoisotopic (exact) mass is 236 g/mol. The molecule has 0 bridgehead atoms. The first-order chi connectivity index (χ1) is 7.97. The molecule has 1 aromatic rings. The highest BCUT2D eigenvalue weighted by Gasteiger charge is 2.26. The molecule has 0 fully saturated rings. The fourth-order valence-electron chi connectivity index (χ4n) is 1.74. The van der Waals surface area contributed by atoms with E-state index in [4.69, 9.17) is 9.84 Å². The van der Waals surface area contributed by atoms with Crippen molar-refractivity contribution >= 4 is 5.97 Å². The molecule has 17 heavy (non-hydrogen) atoms. The number of aliphatic carboxylic acids is 1. The molecule has 0 aliphatic carbocycles. The van der Waals surface area contributed by atoms with E-state index in [2.05, 4.69) is 0 Å². The summed E-state index contributed by atoms with van der Waals surface area (Å²) in [6.07, 6.45) is 2.36. The summed E-state index contributed by atoms with van der Waals surface area (Å²) >= 11 is 0. The van der Waals surface area contributed by atoms with Crippen LogP contribution in [-0.4, -0.2) is 18.2 Å². The van der Waals surface area contributed by atoms with Gasteiger partial charge in [-0.3, -0.25) is 4.79 Å². The molecular weight excluding hydrogens is 216 g/mol. The predicted octanol–water partition coefficient (Wildman–Crippen LogP) is 3.13. The van der Waals surface area contributed by atoms with Gasteiger partial charge in [0.1, 0.15) is 5.75 Å². The van der Waals surface area contributed by atoms with Gasteiger partial charge in [-0.2, -0.15) is 0 Å². The molecule has 1 N–H and O–H groups in total. The Bertz CT molecular complexity index is 383. The third kappa shape index (κ3) is 3.77. The van der Waals surface area contributed by atoms with Gasteiger partial charge in [-0.1, -0.05) is 18.2 Å². The normalized spacial score (nSPS) is 11.2. The van der Waals surface area contributed by atoms with E-state index in [0.717, 1.165) is 24.2 Å². The molecular formula is C14H20O3. The lowest BCUT2D eigenvalue weighted by molar-refractivity contribution is -0.147. The molecule has 0 spiro atoms. The van der Waals surface area contributed by atoms with Crippen molar-refractivity contribution in [2.45, 2.75) is 33.1 Å². The Hall–Kier alpha value is -1.51. The molecule has 0 saturated heterocycles. The molecule has 3 nitrogen and oxygen atoms in total. The molecule has 94 valence electrons.